The minimum absolute atomic E-state index is 0.245. The van der Waals surface area contributed by atoms with Gasteiger partial charge in [0.2, 0.25) is 6.79 Å². The lowest BCUT2D eigenvalue weighted by Gasteiger charge is -2.34. The van der Waals surface area contributed by atoms with Crippen LogP contribution in [0.4, 0.5) is 5.69 Å². The molecule has 0 amide bonds. The minimum Gasteiger partial charge on any atom is -0.454 e. The number of anilines is 1. The molecule has 2 heterocycles. The summed E-state index contributed by atoms with van der Waals surface area (Å²) in [5.41, 5.74) is 1.17. The van der Waals surface area contributed by atoms with Crippen LogP contribution in [0.15, 0.2) is 18.2 Å². The van der Waals surface area contributed by atoms with Crippen LogP contribution in [0.2, 0.25) is 0 Å². The monoisotopic (exact) mass is 250 g/mol. The van der Waals surface area contributed by atoms with E-state index in [0.29, 0.717) is 6.79 Å². The highest BCUT2D eigenvalue weighted by Gasteiger charge is 2.22. The number of morpholine rings is 1. The van der Waals surface area contributed by atoms with E-state index in [1.807, 2.05) is 19.2 Å². The van der Waals surface area contributed by atoms with Crippen molar-refractivity contribution in [3.8, 4) is 11.5 Å². The van der Waals surface area contributed by atoms with Gasteiger partial charge in [-0.25, -0.2) is 0 Å². The number of benzene rings is 1. The predicted octanol–water partition coefficient (Wildman–Crippen LogP) is 0.840. The Hall–Kier alpha value is -1.46. The maximum atomic E-state index is 5.70. The van der Waals surface area contributed by atoms with Crippen molar-refractivity contribution in [3.05, 3.63) is 18.2 Å². The molecule has 1 aromatic carbocycles. The van der Waals surface area contributed by atoms with Crippen LogP contribution in [0, 0.1) is 0 Å². The maximum absolute atomic E-state index is 5.70. The first-order valence-electron chi connectivity index (χ1n) is 6.27. The van der Waals surface area contributed by atoms with Crippen molar-refractivity contribution >= 4 is 5.69 Å². The lowest BCUT2D eigenvalue weighted by Crippen LogP contribution is -2.46. The summed E-state index contributed by atoms with van der Waals surface area (Å²) in [4.78, 5) is 2.33. The number of fused-ring (bicyclic) bond motifs is 1. The number of hydrogen-bond acceptors (Lipinski definition) is 5. The summed E-state index contributed by atoms with van der Waals surface area (Å²) in [5, 5.41) is 3.15. The normalized spacial score (nSPS) is 22.3. The van der Waals surface area contributed by atoms with Crippen LogP contribution in [0.3, 0.4) is 0 Å². The summed E-state index contributed by atoms with van der Waals surface area (Å²) < 4.78 is 16.4. The molecule has 2 aliphatic rings. The third kappa shape index (κ3) is 2.23. The first-order chi connectivity index (χ1) is 8.86. The fraction of sp³-hybridized carbons (Fsp3) is 0.538. The van der Waals surface area contributed by atoms with E-state index in [2.05, 4.69) is 16.3 Å². The summed E-state index contributed by atoms with van der Waals surface area (Å²) in [7, 11) is 1.95. The van der Waals surface area contributed by atoms with Crippen LogP contribution in [-0.2, 0) is 4.74 Å². The lowest BCUT2D eigenvalue weighted by atomic mass is 10.2. The Labute approximate surface area is 107 Å². The first-order valence-corrected chi connectivity index (χ1v) is 6.27. The molecule has 5 nitrogen and oxygen atoms in total. The average molecular weight is 250 g/mol. The summed E-state index contributed by atoms with van der Waals surface area (Å²) in [6.07, 6.45) is 0.245. The van der Waals surface area contributed by atoms with Crippen molar-refractivity contribution in [2.45, 2.75) is 6.10 Å². The minimum atomic E-state index is 0.245. The maximum Gasteiger partial charge on any atom is 0.231 e. The zero-order chi connectivity index (χ0) is 12.4. The third-order valence-corrected chi connectivity index (χ3v) is 3.29. The van der Waals surface area contributed by atoms with Gasteiger partial charge in [0, 0.05) is 31.4 Å². The molecular formula is C13H18N2O3. The van der Waals surface area contributed by atoms with E-state index < -0.39 is 0 Å². The van der Waals surface area contributed by atoms with Gasteiger partial charge in [-0.15, -0.1) is 0 Å². The van der Waals surface area contributed by atoms with E-state index in [4.69, 9.17) is 14.2 Å². The van der Waals surface area contributed by atoms with Gasteiger partial charge in [0.25, 0.3) is 0 Å². The molecule has 98 valence electrons. The Bertz CT molecular complexity index is 423. The molecule has 18 heavy (non-hydrogen) atoms. The van der Waals surface area contributed by atoms with Crippen molar-refractivity contribution in [1.29, 1.82) is 0 Å². The highest BCUT2D eigenvalue weighted by molar-refractivity contribution is 5.57. The SMILES string of the molecule is CNCC1CN(c2ccc3c(c2)OCO3)CCO1. The van der Waals surface area contributed by atoms with Crippen LogP contribution >= 0.6 is 0 Å². The molecule has 0 bridgehead atoms. The highest BCUT2D eigenvalue weighted by atomic mass is 16.7. The summed E-state index contributed by atoms with van der Waals surface area (Å²) >= 11 is 0. The van der Waals surface area contributed by atoms with Crippen molar-refractivity contribution in [3.63, 3.8) is 0 Å². The van der Waals surface area contributed by atoms with Crippen molar-refractivity contribution in [2.75, 3.05) is 45.0 Å². The Morgan fingerprint density at radius 2 is 2.22 bits per heavy atom. The largest absolute Gasteiger partial charge is 0.454 e. The zero-order valence-corrected chi connectivity index (χ0v) is 10.5. The summed E-state index contributed by atoms with van der Waals surface area (Å²) in [6, 6.07) is 6.10. The molecule has 1 fully saturated rings. The molecule has 3 rings (SSSR count). The zero-order valence-electron chi connectivity index (χ0n) is 10.5. The summed E-state index contributed by atoms with van der Waals surface area (Å²) in [6.45, 7) is 3.78. The van der Waals surface area contributed by atoms with E-state index in [9.17, 15) is 0 Å². The summed E-state index contributed by atoms with van der Waals surface area (Å²) in [5.74, 6) is 1.67. The van der Waals surface area contributed by atoms with Crippen molar-refractivity contribution in [1.82, 2.24) is 5.32 Å². The predicted molar refractivity (Wildman–Crippen MR) is 68.4 cm³/mol. The molecule has 1 N–H and O–H groups in total. The van der Waals surface area contributed by atoms with Gasteiger partial charge in [0.15, 0.2) is 11.5 Å². The quantitative estimate of drug-likeness (QED) is 0.861. The van der Waals surface area contributed by atoms with E-state index in [1.54, 1.807) is 0 Å². The van der Waals surface area contributed by atoms with Gasteiger partial charge < -0.3 is 24.4 Å². The number of likely N-dealkylation sites (N-methyl/N-ethyl adjacent to an activating group) is 1. The van der Waals surface area contributed by atoms with Gasteiger partial charge in [0.1, 0.15) is 0 Å². The number of nitrogens with zero attached hydrogens (tertiary/aromatic N) is 1. The second-order valence-corrected chi connectivity index (χ2v) is 4.53. The molecule has 0 aromatic heterocycles. The number of hydrogen-bond donors (Lipinski definition) is 1. The van der Waals surface area contributed by atoms with E-state index >= 15 is 0 Å². The number of rotatable bonds is 3. The fourth-order valence-electron chi connectivity index (χ4n) is 2.39. The van der Waals surface area contributed by atoms with E-state index in [0.717, 1.165) is 37.7 Å². The second-order valence-electron chi connectivity index (χ2n) is 4.53. The van der Waals surface area contributed by atoms with Gasteiger partial charge >= 0.3 is 0 Å². The first kappa shape index (κ1) is 11.6. The molecule has 1 unspecified atom stereocenters. The second kappa shape index (κ2) is 5.04. The van der Waals surface area contributed by atoms with Crippen LogP contribution < -0.4 is 19.7 Å². The third-order valence-electron chi connectivity index (χ3n) is 3.29. The van der Waals surface area contributed by atoms with E-state index in [1.165, 1.54) is 5.69 Å². The van der Waals surface area contributed by atoms with Gasteiger partial charge in [-0.05, 0) is 19.2 Å². The molecule has 0 spiro atoms. The van der Waals surface area contributed by atoms with Crippen molar-refractivity contribution in [2.24, 2.45) is 0 Å². The smallest absolute Gasteiger partial charge is 0.231 e. The Kier molecular flexibility index (Phi) is 3.25. The average Bonchev–Trinajstić information content (AvgIpc) is 2.86. The standard InChI is InChI=1S/C13H18N2O3/c1-14-7-11-8-15(4-5-16-11)10-2-3-12-13(6-10)18-9-17-12/h2-3,6,11,14H,4-5,7-9H2,1H3. The van der Waals surface area contributed by atoms with Gasteiger partial charge in [0.05, 0.1) is 12.7 Å². The van der Waals surface area contributed by atoms with Crippen LogP contribution in [0.5, 0.6) is 11.5 Å². The van der Waals surface area contributed by atoms with Crippen molar-refractivity contribution < 1.29 is 14.2 Å². The molecule has 2 aliphatic heterocycles. The Morgan fingerprint density at radius 1 is 1.33 bits per heavy atom. The number of ether oxygens (including phenoxy) is 3. The molecule has 1 atom stereocenters. The highest BCUT2D eigenvalue weighted by Crippen LogP contribution is 2.35. The van der Waals surface area contributed by atoms with Crippen LogP contribution in [0.1, 0.15) is 0 Å². The van der Waals surface area contributed by atoms with Gasteiger partial charge in [-0.1, -0.05) is 0 Å². The molecular weight excluding hydrogens is 232 g/mol. The number of nitrogens with one attached hydrogen (secondary N) is 1. The van der Waals surface area contributed by atoms with Crippen LogP contribution in [-0.4, -0.2) is 46.2 Å². The van der Waals surface area contributed by atoms with Gasteiger partial charge in [-0.3, -0.25) is 0 Å². The van der Waals surface area contributed by atoms with E-state index in [-0.39, 0.29) is 6.10 Å². The molecule has 0 saturated carbocycles. The Balaban J connectivity index is 1.73. The van der Waals surface area contributed by atoms with Crippen LogP contribution in [0.25, 0.3) is 0 Å². The Morgan fingerprint density at radius 3 is 3.11 bits per heavy atom. The topological polar surface area (TPSA) is 43.0 Å². The molecule has 5 heteroatoms. The van der Waals surface area contributed by atoms with Gasteiger partial charge in [-0.2, -0.15) is 0 Å². The fourth-order valence-corrected chi connectivity index (χ4v) is 2.39. The molecule has 0 aliphatic carbocycles. The molecule has 1 aromatic rings. The lowest BCUT2D eigenvalue weighted by molar-refractivity contribution is 0.0421. The molecule has 0 radical (unpaired) electrons. The molecule has 1 saturated heterocycles.